The number of carbonyl (C=O) groups is 2. The molecule has 1 heterocycles. The minimum absolute atomic E-state index is 0.0467. The minimum atomic E-state index is -4.52. The Hall–Kier alpha value is -2.61. The number of benzene rings is 1. The highest BCUT2D eigenvalue weighted by molar-refractivity contribution is 6.29. The summed E-state index contributed by atoms with van der Waals surface area (Å²) in [5.74, 6) is -1.38. The zero-order valence-electron chi connectivity index (χ0n) is 12.0. The predicted molar refractivity (Wildman–Crippen MR) is 82.6 cm³/mol. The van der Waals surface area contributed by atoms with Crippen molar-refractivity contribution in [2.45, 2.75) is 12.6 Å². The third kappa shape index (κ3) is 5.24. The summed E-state index contributed by atoms with van der Waals surface area (Å²) in [6.07, 6.45) is -3.70. The second-order valence-corrected chi connectivity index (χ2v) is 5.11. The third-order valence-corrected chi connectivity index (χ3v) is 3.01. The Morgan fingerprint density at radius 3 is 2.25 bits per heavy atom. The number of pyridine rings is 1. The van der Waals surface area contributed by atoms with Crippen LogP contribution in [0.3, 0.4) is 0 Å². The molecule has 2 N–H and O–H groups in total. The molecule has 0 bridgehead atoms. The summed E-state index contributed by atoms with van der Waals surface area (Å²) in [6.45, 7) is 0. The molecule has 1 aromatic heterocycles. The summed E-state index contributed by atoms with van der Waals surface area (Å²) >= 11 is 5.66. The Morgan fingerprint density at radius 2 is 1.67 bits per heavy atom. The molecule has 2 rings (SSSR count). The molecule has 2 aromatic rings. The van der Waals surface area contributed by atoms with Gasteiger partial charge in [-0.2, -0.15) is 13.2 Å². The van der Waals surface area contributed by atoms with E-state index in [-0.39, 0.29) is 10.8 Å². The van der Waals surface area contributed by atoms with Crippen molar-refractivity contribution in [3.8, 4) is 0 Å². The number of anilines is 2. The lowest BCUT2D eigenvalue weighted by molar-refractivity contribution is -0.137. The summed E-state index contributed by atoms with van der Waals surface area (Å²) in [7, 11) is 0. The van der Waals surface area contributed by atoms with Crippen molar-refractivity contribution in [2.24, 2.45) is 0 Å². The van der Waals surface area contributed by atoms with Crippen molar-refractivity contribution in [3.05, 3.63) is 53.3 Å². The van der Waals surface area contributed by atoms with Crippen LogP contribution in [0.25, 0.3) is 0 Å². The Morgan fingerprint density at radius 1 is 1.04 bits per heavy atom. The number of hydrogen-bond donors (Lipinski definition) is 2. The first-order valence-corrected chi connectivity index (χ1v) is 7.00. The second kappa shape index (κ2) is 7.31. The number of alkyl halides is 3. The zero-order valence-corrected chi connectivity index (χ0v) is 12.8. The van der Waals surface area contributed by atoms with Gasteiger partial charge in [0.25, 0.3) is 0 Å². The van der Waals surface area contributed by atoms with Crippen LogP contribution in [0.15, 0.2) is 42.6 Å². The Labute approximate surface area is 139 Å². The number of nitrogens with one attached hydrogen (secondary N) is 2. The molecule has 0 unspecified atom stereocenters. The first kappa shape index (κ1) is 17.7. The highest BCUT2D eigenvalue weighted by atomic mass is 35.5. The average Bonchev–Trinajstić information content (AvgIpc) is 2.46. The molecule has 24 heavy (non-hydrogen) atoms. The number of amides is 2. The van der Waals surface area contributed by atoms with Crippen LogP contribution in [-0.4, -0.2) is 16.8 Å². The molecular formula is C15H11ClF3N3O2. The molecule has 5 nitrogen and oxygen atoms in total. The molecule has 0 aliphatic heterocycles. The maximum Gasteiger partial charge on any atom is 0.416 e. The van der Waals surface area contributed by atoms with E-state index < -0.39 is 30.0 Å². The summed E-state index contributed by atoms with van der Waals surface area (Å²) in [5, 5.41) is 4.84. The van der Waals surface area contributed by atoms with Crippen molar-refractivity contribution in [2.75, 3.05) is 10.6 Å². The van der Waals surface area contributed by atoms with Gasteiger partial charge in [-0.1, -0.05) is 17.7 Å². The molecule has 2 amide bonds. The highest BCUT2D eigenvalue weighted by Gasteiger charge is 2.30. The van der Waals surface area contributed by atoms with Crippen LogP contribution in [0.2, 0.25) is 5.15 Å². The van der Waals surface area contributed by atoms with Crippen LogP contribution in [0.1, 0.15) is 12.0 Å². The smallest absolute Gasteiger partial charge is 0.326 e. The van der Waals surface area contributed by atoms with E-state index in [1.54, 1.807) is 0 Å². The van der Waals surface area contributed by atoms with Crippen molar-refractivity contribution in [3.63, 3.8) is 0 Å². The summed E-state index contributed by atoms with van der Waals surface area (Å²) in [6, 6.07) is 7.01. The number of aromatic nitrogens is 1. The van der Waals surface area contributed by atoms with E-state index in [0.717, 1.165) is 18.2 Å². The molecule has 0 aliphatic rings. The van der Waals surface area contributed by atoms with E-state index >= 15 is 0 Å². The van der Waals surface area contributed by atoms with Gasteiger partial charge in [-0.15, -0.1) is 0 Å². The van der Waals surface area contributed by atoms with Gasteiger partial charge >= 0.3 is 6.18 Å². The number of rotatable bonds is 4. The van der Waals surface area contributed by atoms with E-state index in [4.69, 9.17) is 11.6 Å². The highest BCUT2D eigenvalue weighted by Crippen LogP contribution is 2.30. The van der Waals surface area contributed by atoms with Crippen LogP contribution in [-0.2, 0) is 15.8 Å². The normalized spacial score (nSPS) is 11.0. The summed E-state index contributed by atoms with van der Waals surface area (Å²) < 4.78 is 37.8. The maximum absolute atomic E-state index is 12.6. The third-order valence-electron chi connectivity index (χ3n) is 2.81. The van der Waals surface area contributed by atoms with Gasteiger partial charge in [-0.05, 0) is 30.3 Å². The fourth-order valence-corrected chi connectivity index (χ4v) is 1.98. The van der Waals surface area contributed by atoms with Crippen molar-refractivity contribution in [1.82, 2.24) is 4.98 Å². The zero-order chi connectivity index (χ0) is 17.7. The molecule has 126 valence electrons. The topological polar surface area (TPSA) is 71.1 Å². The number of carbonyl (C=O) groups excluding carboxylic acids is 2. The van der Waals surface area contributed by atoms with Gasteiger partial charge in [0.2, 0.25) is 11.8 Å². The van der Waals surface area contributed by atoms with Crippen molar-refractivity contribution < 1.29 is 22.8 Å². The largest absolute Gasteiger partial charge is 0.416 e. The number of halogens is 4. The van der Waals surface area contributed by atoms with Crippen LogP contribution >= 0.6 is 11.6 Å². The molecule has 0 saturated carbocycles. The monoisotopic (exact) mass is 357 g/mol. The number of nitrogens with zero attached hydrogens (tertiary/aromatic N) is 1. The fraction of sp³-hybridized carbons (Fsp3) is 0.133. The maximum atomic E-state index is 12.6. The van der Waals surface area contributed by atoms with E-state index in [0.29, 0.717) is 5.69 Å². The molecular weight excluding hydrogens is 347 g/mol. The SMILES string of the molecule is O=C(CC(=O)Nc1ccnc(Cl)c1)Nc1cccc(C(F)(F)F)c1. The first-order chi connectivity index (χ1) is 11.2. The fourth-order valence-electron chi connectivity index (χ4n) is 1.81. The molecule has 0 radical (unpaired) electrons. The summed E-state index contributed by atoms with van der Waals surface area (Å²) in [5.41, 5.74) is -0.586. The van der Waals surface area contributed by atoms with Gasteiger partial charge in [0.1, 0.15) is 11.6 Å². The van der Waals surface area contributed by atoms with Gasteiger partial charge in [0.05, 0.1) is 5.56 Å². The lowest BCUT2D eigenvalue weighted by Crippen LogP contribution is -2.21. The lowest BCUT2D eigenvalue weighted by Gasteiger charge is -2.10. The Kier molecular flexibility index (Phi) is 5.40. The molecule has 9 heteroatoms. The van der Waals surface area contributed by atoms with E-state index in [2.05, 4.69) is 15.6 Å². The molecule has 0 atom stereocenters. The van der Waals surface area contributed by atoms with Gasteiger partial charge < -0.3 is 10.6 Å². The van der Waals surface area contributed by atoms with Crippen LogP contribution < -0.4 is 10.6 Å². The second-order valence-electron chi connectivity index (χ2n) is 4.72. The number of hydrogen-bond acceptors (Lipinski definition) is 3. The van der Waals surface area contributed by atoms with Gasteiger partial charge in [-0.3, -0.25) is 9.59 Å². The lowest BCUT2D eigenvalue weighted by atomic mass is 10.2. The quantitative estimate of drug-likeness (QED) is 0.647. The van der Waals surface area contributed by atoms with Gasteiger partial charge in [0, 0.05) is 17.6 Å². The van der Waals surface area contributed by atoms with Crippen LogP contribution in [0.4, 0.5) is 24.5 Å². The molecule has 0 spiro atoms. The Bertz CT molecular complexity index is 766. The molecule has 0 aliphatic carbocycles. The Balaban J connectivity index is 1.94. The van der Waals surface area contributed by atoms with Gasteiger partial charge in [0.15, 0.2) is 0 Å². The minimum Gasteiger partial charge on any atom is -0.326 e. The van der Waals surface area contributed by atoms with Crippen LogP contribution in [0.5, 0.6) is 0 Å². The summed E-state index contributed by atoms with van der Waals surface area (Å²) in [4.78, 5) is 27.2. The van der Waals surface area contributed by atoms with Crippen LogP contribution in [0, 0.1) is 0 Å². The predicted octanol–water partition coefficient (Wildman–Crippen LogP) is 3.72. The molecule has 1 aromatic carbocycles. The van der Waals surface area contributed by atoms with Crippen molar-refractivity contribution in [1.29, 1.82) is 0 Å². The first-order valence-electron chi connectivity index (χ1n) is 6.62. The van der Waals surface area contributed by atoms with E-state index in [1.807, 2.05) is 0 Å². The van der Waals surface area contributed by atoms with E-state index in [1.165, 1.54) is 24.4 Å². The van der Waals surface area contributed by atoms with E-state index in [9.17, 15) is 22.8 Å². The molecule has 0 fully saturated rings. The average molecular weight is 358 g/mol. The van der Waals surface area contributed by atoms with Gasteiger partial charge in [-0.25, -0.2) is 4.98 Å². The van der Waals surface area contributed by atoms with Crippen molar-refractivity contribution >= 4 is 34.8 Å². The standard InChI is InChI=1S/C15H11ClF3N3O2/c16-12-7-11(4-5-20-12)22-14(24)8-13(23)21-10-3-1-2-9(6-10)15(17,18)19/h1-7H,8H2,(H,21,23)(H,20,22,24). The molecule has 0 saturated heterocycles.